The summed E-state index contributed by atoms with van der Waals surface area (Å²) in [4.78, 5) is 30.9. The number of para-hydroxylation sites is 1. The van der Waals surface area contributed by atoms with Crippen LogP contribution < -0.4 is 10.9 Å². The summed E-state index contributed by atoms with van der Waals surface area (Å²) in [6.45, 7) is 4.38. The maximum absolute atomic E-state index is 13.5. The summed E-state index contributed by atoms with van der Waals surface area (Å²) >= 11 is 1.38. The van der Waals surface area contributed by atoms with E-state index in [-0.39, 0.29) is 23.0 Å². The topological polar surface area (TPSA) is 84.2 Å². The molecule has 0 unspecified atom stereocenters. The number of aromatic hydroxyl groups is 1. The Morgan fingerprint density at radius 1 is 1.11 bits per heavy atom. The van der Waals surface area contributed by atoms with Crippen molar-refractivity contribution >= 4 is 44.1 Å². The molecular weight excluding hydrogens is 465 g/mol. The number of carbonyl (C=O) groups excluding carboxylic acids is 1. The van der Waals surface area contributed by atoms with E-state index in [1.54, 1.807) is 54.6 Å². The van der Waals surface area contributed by atoms with Gasteiger partial charge in [0.05, 0.1) is 15.7 Å². The number of nitrogens with one attached hydrogen (secondary N) is 1. The molecule has 0 radical (unpaired) electrons. The van der Waals surface area contributed by atoms with Gasteiger partial charge in [0.15, 0.2) is 0 Å². The van der Waals surface area contributed by atoms with Crippen LogP contribution in [0.3, 0.4) is 0 Å². The van der Waals surface area contributed by atoms with Gasteiger partial charge in [-0.25, -0.2) is 9.37 Å². The van der Waals surface area contributed by atoms with Crippen LogP contribution in [-0.2, 0) is 6.54 Å². The molecular formula is C27H22FN3O3S. The third-order valence-electron chi connectivity index (χ3n) is 5.66. The maximum Gasteiger partial charge on any atom is 0.267 e. The Morgan fingerprint density at radius 3 is 2.60 bits per heavy atom. The van der Waals surface area contributed by atoms with Crippen LogP contribution >= 0.6 is 11.3 Å². The predicted molar refractivity (Wildman–Crippen MR) is 138 cm³/mol. The van der Waals surface area contributed by atoms with Crippen molar-refractivity contribution in [2.75, 3.05) is 5.32 Å². The van der Waals surface area contributed by atoms with Gasteiger partial charge in [0.25, 0.3) is 11.5 Å². The van der Waals surface area contributed by atoms with Crippen LogP contribution in [0.4, 0.5) is 10.1 Å². The normalized spacial score (nSPS) is 11.4. The van der Waals surface area contributed by atoms with Gasteiger partial charge < -0.3 is 15.0 Å². The summed E-state index contributed by atoms with van der Waals surface area (Å²) in [6, 6.07) is 18.4. The highest BCUT2D eigenvalue weighted by atomic mass is 32.1. The first-order valence-corrected chi connectivity index (χ1v) is 12.0. The number of carbonyl (C=O) groups is 1. The van der Waals surface area contributed by atoms with Gasteiger partial charge in [-0.15, -0.1) is 11.3 Å². The third kappa shape index (κ3) is 4.28. The SMILES string of the molecule is CC(C)Cn1c(=O)c(C(=O)Nc2ccc(-c3nc4ccc(F)cc4s3)cc2)c(O)c2ccccc21. The van der Waals surface area contributed by atoms with Gasteiger partial charge in [0.1, 0.15) is 22.1 Å². The van der Waals surface area contributed by atoms with E-state index in [2.05, 4.69) is 10.3 Å². The lowest BCUT2D eigenvalue weighted by molar-refractivity contribution is 0.102. The molecule has 1 amide bonds. The van der Waals surface area contributed by atoms with Crippen LogP contribution in [0.5, 0.6) is 5.75 Å². The first-order chi connectivity index (χ1) is 16.8. The monoisotopic (exact) mass is 487 g/mol. The lowest BCUT2D eigenvalue weighted by Gasteiger charge is -2.16. The minimum Gasteiger partial charge on any atom is -0.506 e. The molecule has 0 fully saturated rings. The highest BCUT2D eigenvalue weighted by Gasteiger charge is 2.22. The fourth-order valence-electron chi connectivity index (χ4n) is 4.05. The second-order valence-corrected chi connectivity index (χ2v) is 9.74. The van der Waals surface area contributed by atoms with Gasteiger partial charge in [-0.1, -0.05) is 26.0 Å². The number of hydrogen-bond acceptors (Lipinski definition) is 5. The van der Waals surface area contributed by atoms with Gasteiger partial charge in [-0.3, -0.25) is 9.59 Å². The van der Waals surface area contributed by atoms with Crippen LogP contribution in [0.2, 0.25) is 0 Å². The van der Waals surface area contributed by atoms with Crippen LogP contribution in [0.15, 0.2) is 71.5 Å². The quantitative estimate of drug-likeness (QED) is 0.317. The fourth-order valence-corrected chi connectivity index (χ4v) is 5.05. The van der Waals surface area contributed by atoms with Gasteiger partial charge >= 0.3 is 0 Å². The summed E-state index contributed by atoms with van der Waals surface area (Å²) in [7, 11) is 0. The van der Waals surface area contributed by atoms with Crippen molar-refractivity contribution in [3.05, 3.63) is 88.5 Å². The Kier molecular flexibility index (Phi) is 5.82. The highest BCUT2D eigenvalue weighted by Crippen LogP contribution is 2.32. The lowest BCUT2D eigenvalue weighted by Crippen LogP contribution is -2.31. The smallest absolute Gasteiger partial charge is 0.267 e. The van der Waals surface area contributed by atoms with Crippen LogP contribution in [0.1, 0.15) is 24.2 Å². The molecule has 0 spiro atoms. The molecule has 2 aromatic heterocycles. The molecule has 0 saturated carbocycles. The number of benzene rings is 3. The maximum atomic E-state index is 13.5. The number of pyridine rings is 1. The van der Waals surface area contributed by atoms with Crippen molar-refractivity contribution in [3.63, 3.8) is 0 Å². The van der Waals surface area contributed by atoms with Gasteiger partial charge in [0.2, 0.25) is 0 Å². The first kappa shape index (κ1) is 22.7. The van der Waals surface area contributed by atoms with E-state index in [1.165, 1.54) is 28.0 Å². The highest BCUT2D eigenvalue weighted by molar-refractivity contribution is 7.21. The Morgan fingerprint density at radius 2 is 1.86 bits per heavy atom. The van der Waals surface area contributed by atoms with E-state index in [1.807, 2.05) is 13.8 Å². The van der Waals surface area contributed by atoms with Gasteiger partial charge in [-0.05, 0) is 60.5 Å². The predicted octanol–water partition coefficient (Wildman–Crippen LogP) is 6.03. The van der Waals surface area contributed by atoms with Crippen molar-refractivity contribution < 1.29 is 14.3 Å². The van der Waals surface area contributed by atoms with E-state index in [4.69, 9.17) is 0 Å². The molecule has 0 aliphatic rings. The van der Waals surface area contributed by atoms with Crippen LogP contribution in [0.25, 0.3) is 31.7 Å². The third-order valence-corrected chi connectivity index (χ3v) is 6.73. The van der Waals surface area contributed by atoms with Crippen molar-refractivity contribution in [3.8, 4) is 16.3 Å². The van der Waals surface area contributed by atoms with Crippen molar-refractivity contribution in [2.24, 2.45) is 5.92 Å². The van der Waals surface area contributed by atoms with E-state index in [0.29, 0.717) is 28.7 Å². The van der Waals surface area contributed by atoms with Crippen molar-refractivity contribution in [2.45, 2.75) is 20.4 Å². The van der Waals surface area contributed by atoms with Crippen molar-refractivity contribution in [1.29, 1.82) is 0 Å². The molecule has 0 saturated heterocycles. The average Bonchev–Trinajstić information content (AvgIpc) is 3.25. The largest absolute Gasteiger partial charge is 0.506 e. The summed E-state index contributed by atoms with van der Waals surface area (Å²) in [5.74, 6) is -1.15. The number of anilines is 1. The zero-order chi connectivity index (χ0) is 24.7. The molecule has 2 heterocycles. The van der Waals surface area contributed by atoms with Gasteiger partial charge in [-0.2, -0.15) is 0 Å². The van der Waals surface area contributed by atoms with E-state index < -0.39 is 11.5 Å². The Balaban J connectivity index is 1.46. The number of fused-ring (bicyclic) bond motifs is 2. The molecule has 0 bridgehead atoms. The molecule has 8 heteroatoms. The standard InChI is InChI=1S/C27H22FN3O3S/c1-15(2)14-31-21-6-4-3-5-19(21)24(32)23(27(31)34)25(33)29-18-10-7-16(8-11-18)26-30-20-12-9-17(28)13-22(20)35-26/h3-13,15,32H,14H2,1-2H3,(H,29,33). The second kappa shape index (κ2) is 8.96. The Labute approximate surface area is 204 Å². The minimum absolute atomic E-state index is 0.170. The molecule has 0 aliphatic carbocycles. The Bertz CT molecular complexity index is 1640. The number of hydrogen-bond donors (Lipinski definition) is 2. The second-order valence-electron chi connectivity index (χ2n) is 8.71. The fraction of sp³-hybridized carbons (Fsp3) is 0.148. The molecule has 3 aromatic carbocycles. The summed E-state index contributed by atoms with van der Waals surface area (Å²) < 4.78 is 15.8. The van der Waals surface area contributed by atoms with Crippen molar-refractivity contribution in [1.82, 2.24) is 9.55 Å². The number of amides is 1. The number of aromatic nitrogens is 2. The molecule has 0 aliphatic heterocycles. The number of nitrogens with zero attached hydrogens (tertiary/aromatic N) is 2. The molecule has 5 rings (SSSR count). The molecule has 0 atom stereocenters. The summed E-state index contributed by atoms with van der Waals surface area (Å²) in [5.41, 5.74) is 1.76. The summed E-state index contributed by atoms with van der Waals surface area (Å²) in [6.07, 6.45) is 0. The average molecular weight is 488 g/mol. The number of thiazole rings is 1. The number of rotatable bonds is 5. The molecule has 176 valence electrons. The van der Waals surface area contributed by atoms with Crippen LogP contribution in [0, 0.1) is 11.7 Å². The molecule has 35 heavy (non-hydrogen) atoms. The zero-order valence-corrected chi connectivity index (χ0v) is 19.9. The molecule has 2 N–H and O–H groups in total. The molecule has 6 nitrogen and oxygen atoms in total. The Hall–Kier alpha value is -4.04. The van der Waals surface area contributed by atoms with E-state index >= 15 is 0 Å². The van der Waals surface area contributed by atoms with Crippen LogP contribution in [-0.4, -0.2) is 20.6 Å². The summed E-state index contributed by atoms with van der Waals surface area (Å²) in [5, 5.41) is 14.7. The number of halogens is 1. The first-order valence-electron chi connectivity index (χ1n) is 11.1. The zero-order valence-electron chi connectivity index (χ0n) is 19.1. The van der Waals surface area contributed by atoms with Gasteiger partial charge in [0, 0.05) is 23.2 Å². The minimum atomic E-state index is -0.682. The van der Waals surface area contributed by atoms with E-state index in [0.717, 1.165) is 15.3 Å². The lowest BCUT2D eigenvalue weighted by atomic mass is 10.1. The molecule has 5 aromatic rings. The van der Waals surface area contributed by atoms with E-state index in [9.17, 15) is 19.1 Å².